The number of rotatable bonds is 10. The van der Waals surface area contributed by atoms with Crippen molar-refractivity contribution in [3.63, 3.8) is 0 Å². The highest BCUT2D eigenvalue weighted by molar-refractivity contribution is 5.28. The average molecular weight is 279 g/mol. The van der Waals surface area contributed by atoms with Crippen LogP contribution in [0.15, 0.2) is 24.3 Å². The van der Waals surface area contributed by atoms with Crippen LogP contribution in [0.3, 0.4) is 0 Å². The van der Waals surface area contributed by atoms with E-state index in [0.29, 0.717) is 19.1 Å². The Morgan fingerprint density at radius 1 is 1.15 bits per heavy atom. The molecule has 0 aromatic heterocycles. The van der Waals surface area contributed by atoms with Crippen molar-refractivity contribution in [3.8, 4) is 5.75 Å². The van der Waals surface area contributed by atoms with Crippen LogP contribution in [-0.2, 0) is 11.3 Å². The normalized spacial score (nSPS) is 12.7. The lowest BCUT2D eigenvalue weighted by Crippen LogP contribution is -2.19. The van der Waals surface area contributed by atoms with E-state index < -0.39 is 0 Å². The largest absolute Gasteiger partial charge is 0.491 e. The molecule has 0 spiro atoms. The third-order valence-corrected chi connectivity index (χ3v) is 3.33. The topological polar surface area (TPSA) is 30.5 Å². The second-order valence-corrected chi connectivity index (χ2v) is 5.49. The van der Waals surface area contributed by atoms with Crippen LogP contribution in [0.5, 0.6) is 5.75 Å². The molecule has 1 aromatic rings. The molecule has 1 rings (SSSR count). The molecule has 0 aliphatic carbocycles. The molecule has 0 bridgehead atoms. The molecule has 0 heterocycles. The van der Waals surface area contributed by atoms with Crippen LogP contribution >= 0.6 is 0 Å². The van der Waals surface area contributed by atoms with E-state index in [4.69, 9.17) is 9.47 Å². The van der Waals surface area contributed by atoms with Crippen molar-refractivity contribution in [1.29, 1.82) is 0 Å². The van der Waals surface area contributed by atoms with Gasteiger partial charge in [-0.15, -0.1) is 0 Å². The summed E-state index contributed by atoms with van der Waals surface area (Å²) >= 11 is 0. The fraction of sp³-hybridized carbons (Fsp3) is 0.647. The molecule has 3 heteroatoms. The highest BCUT2D eigenvalue weighted by atomic mass is 16.5. The second-order valence-electron chi connectivity index (χ2n) is 5.49. The zero-order chi connectivity index (χ0) is 14.8. The van der Waals surface area contributed by atoms with Gasteiger partial charge < -0.3 is 14.8 Å². The number of hydrogen-bond acceptors (Lipinski definition) is 3. The highest BCUT2D eigenvalue weighted by Crippen LogP contribution is 2.13. The van der Waals surface area contributed by atoms with Gasteiger partial charge in [-0.05, 0) is 43.5 Å². The van der Waals surface area contributed by atoms with Crippen LogP contribution in [0.1, 0.15) is 39.7 Å². The van der Waals surface area contributed by atoms with E-state index in [-0.39, 0.29) is 6.10 Å². The van der Waals surface area contributed by atoms with Crippen molar-refractivity contribution in [2.24, 2.45) is 5.92 Å². The maximum atomic E-state index is 5.73. The molecule has 20 heavy (non-hydrogen) atoms. The Morgan fingerprint density at radius 3 is 2.65 bits per heavy atom. The Labute approximate surface area is 123 Å². The molecule has 1 atom stereocenters. The summed E-state index contributed by atoms with van der Waals surface area (Å²) in [7, 11) is 0. The molecule has 1 unspecified atom stereocenters. The van der Waals surface area contributed by atoms with Gasteiger partial charge in [0.2, 0.25) is 0 Å². The van der Waals surface area contributed by atoms with Gasteiger partial charge in [0.25, 0.3) is 0 Å². The molecule has 0 fully saturated rings. The predicted octanol–water partition coefficient (Wildman–Crippen LogP) is 3.63. The number of benzene rings is 1. The van der Waals surface area contributed by atoms with Gasteiger partial charge in [-0.25, -0.2) is 0 Å². The highest BCUT2D eigenvalue weighted by Gasteiger charge is 2.06. The summed E-state index contributed by atoms with van der Waals surface area (Å²) in [6.07, 6.45) is 1.44. The minimum Gasteiger partial charge on any atom is -0.491 e. The molecule has 1 N–H and O–H groups in total. The quantitative estimate of drug-likeness (QED) is 0.663. The first kappa shape index (κ1) is 17.0. The lowest BCUT2D eigenvalue weighted by molar-refractivity contribution is 0.0188. The predicted molar refractivity (Wildman–Crippen MR) is 84.2 cm³/mol. The molecule has 0 aliphatic rings. The number of hydrogen-bond donors (Lipinski definition) is 1. The van der Waals surface area contributed by atoms with Crippen LogP contribution in [-0.4, -0.2) is 25.9 Å². The van der Waals surface area contributed by atoms with Crippen LogP contribution in [0, 0.1) is 5.92 Å². The Morgan fingerprint density at radius 2 is 1.95 bits per heavy atom. The first-order valence-electron chi connectivity index (χ1n) is 7.67. The van der Waals surface area contributed by atoms with Gasteiger partial charge in [0.15, 0.2) is 0 Å². The van der Waals surface area contributed by atoms with Gasteiger partial charge in [-0.1, -0.05) is 32.9 Å². The van der Waals surface area contributed by atoms with E-state index in [0.717, 1.165) is 25.3 Å². The van der Waals surface area contributed by atoms with Gasteiger partial charge in [0.05, 0.1) is 12.7 Å². The molecule has 3 nitrogen and oxygen atoms in total. The van der Waals surface area contributed by atoms with Gasteiger partial charge in [0.1, 0.15) is 12.4 Å². The fourth-order valence-corrected chi connectivity index (χ4v) is 1.74. The third kappa shape index (κ3) is 6.92. The van der Waals surface area contributed by atoms with Crippen LogP contribution in [0.2, 0.25) is 0 Å². The molecule has 0 saturated carbocycles. The van der Waals surface area contributed by atoms with Crippen molar-refractivity contribution in [2.75, 3.05) is 19.8 Å². The standard InChI is InChI=1S/C17H29NO2/c1-5-9-18-13-16-7-6-8-17(12-16)20-11-10-19-15(4)14(2)3/h6-8,12,14-15,18H,5,9-11,13H2,1-4H3. The lowest BCUT2D eigenvalue weighted by Gasteiger charge is -2.16. The monoisotopic (exact) mass is 279 g/mol. The average Bonchev–Trinajstić information content (AvgIpc) is 2.44. The zero-order valence-electron chi connectivity index (χ0n) is 13.3. The van der Waals surface area contributed by atoms with Crippen molar-refractivity contribution in [2.45, 2.75) is 46.8 Å². The summed E-state index contributed by atoms with van der Waals surface area (Å²) in [5.74, 6) is 1.46. The molecule has 1 aromatic carbocycles. The number of nitrogens with one attached hydrogen (secondary N) is 1. The molecular weight excluding hydrogens is 250 g/mol. The smallest absolute Gasteiger partial charge is 0.119 e. The van der Waals surface area contributed by atoms with E-state index in [2.05, 4.69) is 45.1 Å². The molecule has 0 radical (unpaired) electrons. The van der Waals surface area contributed by atoms with Crippen molar-refractivity contribution >= 4 is 0 Å². The van der Waals surface area contributed by atoms with Gasteiger partial charge >= 0.3 is 0 Å². The Bertz CT molecular complexity index is 366. The summed E-state index contributed by atoms with van der Waals surface area (Å²) < 4.78 is 11.4. The first-order valence-corrected chi connectivity index (χ1v) is 7.67. The minimum atomic E-state index is 0.281. The lowest BCUT2D eigenvalue weighted by atomic mass is 10.1. The third-order valence-electron chi connectivity index (χ3n) is 3.33. The van der Waals surface area contributed by atoms with E-state index in [1.165, 1.54) is 5.56 Å². The SMILES string of the molecule is CCCNCc1cccc(OCCOC(C)C(C)C)c1. The van der Waals surface area contributed by atoms with Crippen LogP contribution in [0.25, 0.3) is 0 Å². The maximum absolute atomic E-state index is 5.73. The Balaban J connectivity index is 2.28. The first-order chi connectivity index (χ1) is 9.63. The molecule has 114 valence electrons. The number of ether oxygens (including phenoxy) is 2. The molecular formula is C17H29NO2. The summed E-state index contributed by atoms with van der Waals surface area (Å²) in [6, 6.07) is 8.24. The van der Waals surface area contributed by atoms with E-state index in [1.54, 1.807) is 0 Å². The van der Waals surface area contributed by atoms with Gasteiger partial charge in [-0.3, -0.25) is 0 Å². The van der Waals surface area contributed by atoms with Crippen molar-refractivity contribution in [1.82, 2.24) is 5.32 Å². The summed E-state index contributed by atoms with van der Waals surface area (Å²) in [4.78, 5) is 0. The second kappa shape index (κ2) is 9.78. The summed E-state index contributed by atoms with van der Waals surface area (Å²) in [5, 5.41) is 3.39. The van der Waals surface area contributed by atoms with Crippen molar-refractivity contribution in [3.05, 3.63) is 29.8 Å². The maximum Gasteiger partial charge on any atom is 0.119 e. The molecule has 0 amide bonds. The zero-order valence-corrected chi connectivity index (χ0v) is 13.3. The summed E-state index contributed by atoms with van der Waals surface area (Å²) in [6.45, 7) is 11.8. The van der Waals surface area contributed by atoms with E-state index >= 15 is 0 Å². The van der Waals surface area contributed by atoms with Crippen molar-refractivity contribution < 1.29 is 9.47 Å². The van der Waals surface area contributed by atoms with E-state index in [1.807, 2.05) is 12.1 Å². The minimum absolute atomic E-state index is 0.281. The molecule has 0 saturated heterocycles. The van der Waals surface area contributed by atoms with Gasteiger partial charge in [-0.2, -0.15) is 0 Å². The van der Waals surface area contributed by atoms with E-state index in [9.17, 15) is 0 Å². The van der Waals surface area contributed by atoms with Crippen LogP contribution in [0.4, 0.5) is 0 Å². The fourth-order valence-electron chi connectivity index (χ4n) is 1.74. The van der Waals surface area contributed by atoms with Crippen LogP contribution < -0.4 is 10.1 Å². The van der Waals surface area contributed by atoms with Gasteiger partial charge in [0, 0.05) is 6.54 Å². The Kier molecular flexibility index (Phi) is 8.31. The summed E-state index contributed by atoms with van der Waals surface area (Å²) in [5.41, 5.74) is 1.26. The molecule has 0 aliphatic heterocycles. The Hall–Kier alpha value is -1.06.